The molecule has 0 atom stereocenters. The van der Waals surface area contributed by atoms with Crippen molar-refractivity contribution < 1.29 is 19.1 Å². The smallest absolute Gasteiger partial charge is 0.408 e. The summed E-state index contributed by atoms with van der Waals surface area (Å²) in [5, 5.41) is 12.7. The number of anilines is 1. The Balaban J connectivity index is 2.22. The highest BCUT2D eigenvalue weighted by Gasteiger charge is 2.34. The SMILES string of the molecule is CC(C)(C)N(CC(=O)N1CCCN1c1cc(F)ccc1Cl)C(=O)O. The minimum atomic E-state index is -1.16. The number of rotatable bonds is 3. The van der Waals surface area contributed by atoms with Gasteiger partial charge in [0.25, 0.3) is 5.91 Å². The van der Waals surface area contributed by atoms with Gasteiger partial charge in [-0.3, -0.25) is 19.7 Å². The first-order valence-corrected chi connectivity index (χ1v) is 8.02. The summed E-state index contributed by atoms with van der Waals surface area (Å²) in [7, 11) is 0. The molecule has 0 saturated carbocycles. The lowest BCUT2D eigenvalue weighted by molar-refractivity contribution is -0.132. The predicted molar refractivity (Wildman–Crippen MR) is 89.6 cm³/mol. The van der Waals surface area contributed by atoms with Gasteiger partial charge >= 0.3 is 6.09 Å². The number of halogens is 2. The molecule has 1 aliphatic rings. The van der Waals surface area contributed by atoms with Gasteiger partial charge in [-0.15, -0.1) is 0 Å². The van der Waals surface area contributed by atoms with Crippen molar-refractivity contribution in [3.63, 3.8) is 0 Å². The Bertz CT molecular complexity index is 648. The van der Waals surface area contributed by atoms with Crippen LogP contribution in [-0.4, -0.2) is 52.2 Å². The van der Waals surface area contributed by atoms with E-state index < -0.39 is 17.4 Å². The van der Waals surface area contributed by atoms with Crippen LogP contribution in [0.5, 0.6) is 0 Å². The Morgan fingerprint density at radius 3 is 2.58 bits per heavy atom. The Labute approximate surface area is 145 Å². The molecule has 0 unspecified atom stereocenters. The van der Waals surface area contributed by atoms with Crippen LogP contribution in [0, 0.1) is 5.82 Å². The summed E-state index contributed by atoms with van der Waals surface area (Å²) < 4.78 is 13.5. The van der Waals surface area contributed by atoms with E-state index in [1.807, 2.05) is 0 Å². The molecule has 1 aromatic carbocycles. The van der Waals surface area contributed by atoms with Crippen LogP contribution in [0.15, 0.2) is 18.2 Å². The second-order valence-electron chi connectivity index (χ2n) is 6.63. The van der Waals surface area contributed by atoms with E-state index in [1.165, 1.54) is 23.2 Å². The first kappa shape index (κ1) is 18.3. The average Bonchev–Trinajstić information content (AvgIpc) is 2.94. The van der Waals surface area contributed by atoms with Crippen LogP contribution in [0.2, 0.25) is 5.02 Å². The summed E-state index contributed by atoms with van der Waals surface area (Å²) in [5.74, 6) is -0.819. The monoisotopic (exact) mass is 357 g/mol. The first-order valence-electron chi connectivity index (χ1n) is 7.64. The van der Waals surface area contributed by atoms with Gasteiger partial charge in [-0.1, -0.05) is 11.6 Å². The summed E-state index contributed by atoms with van der Waals surface area (Å²) >= 11 is 6.12. The minimum absolute atomic E-state index is 0.276. The van der Waals surface area contributed by atoms with E-state index in [4.69, 9.17) is 11.6 Å². The third-order valence-corrected chi connectivity index (χ3v) is 4.16. The highest BCUT2D eigenvalue weighted by atomic mass is 35.5. The van der Waals surface area contributed by atoms with Gasteiger partial charge in [-0.2, -0.15) is 0 Å². The van der Waals surface area contributed by atoms with Gasteiger partial charge in [0.05, 0.1) is 10.7 Å². The molecule has 1 aliphatic heterocycles. The molecule has 1 N–H and O–H groups in total. The number of nitrogens with zero attached hydrogens (tertiary/aromatic N) is 3. The molecule has 1 heterocycles. The number of amides is 2. The summed E-state index contributed by atoms with van der Waals surface area (Å²) in [6.07, 6.45) is -0.466. The molecule has 8 heteroatoms. The van der Waals surface area contributed by atoms with Gasteiger partial charge in [0.1, 0.15) is 12.4 Å². The van der Waals surface area contributed by atoms with Crippen molar-refractivity contribution in [3.8, 4) is 0 Å². The van der Waals surface area contributed by atoms with Gasteiger partial charge in [-0.05, 0) is 39.3 Å². The lowest BCUT2D eigenvalue weighted by Gasteiger charge is -2.36. The van der Waals surface area contributed by atoms with Crippen LogP contribution in [0.3, 0.4) is 0 Å². The zero-order valence-corrected chi connectivity index (χ0v) is 14.7. The van der Waals surface area contributed by atoms with Crippen molar-refractivity contribution in [2.75, 3.05) is 24.6 Å². The lowest BCUT2D eigenvalue weighted by atomic mass is 10.1. The Hall–Kier alpha value is -2.02. The third-order valence-electron chi connectivity index (χ3n) is 3.84. The number of carboxylic acid groups (broad SMARTS) is 1. The van der Waals surface area contributed by atoms with Crippen LogP contribution in [0.1, 0.15) is 27.2 Å². The fourth-order valence-electron chi connectivity index (χ4n) is 2.61. The van der Waals surface area contributed by atoms with E-state index in [0.29, 0.717) is 30.2 Å². The second kappa shape index (κ2) is 6.84. The molecule has 132 valence electrons. The van der Waals surface area contributed by atoms with Crippen LogP contribution in [0.4, 0.5) is 14.9 Å². The zero-order chi connectivity index (χ0) is 18.1. The molecule has 0 radical (unpaired) electrons. The lowest BCUT2D eigenvalue weighted by Crippen LogP contribution is -2.52. The van der Waals surface area contributed by atoms with E-state index in [2.05, 4.69) is 0 Å². The summed E-state index contributed by atoms with van der Waals surface area (Å²) in [4.78, 5) is 25.1. The highest BCUT2D eigenvalue weighted by Crippen LogP contribution is 2.30. The maximum Gasteiger partial charge on any atom is 0.408 e. The Kier molecular flexibility index (Phi) is 5.22. The van der Waals surface area contributed by atoms with Crippen LogP contribution in [0.25, 0.3) is 0 Å². The molecule has 24 heavy (non-hydrogen) atoms. The summed E-state index contributed by atoms with van der Waals surface area (Å²) in [5.41, 5.74) is -0.303. The third kappa shape index (κ3) is 3.90. The zero-order valence-electron chi connectivity index (χ0n) is 13.9. The molecule has 6 nitrogen and oxygen atoms in total. The quantitative estimate of drug-likeness (QED) is 0.902. The normalized spacial score (nSPS) is 14.9. The largest absolute Gasteiger partial charge is 0.465 e. The van der Waals surface area contributed by atoms with Gasteiger partial charge in [0.15, 0.2) is 0 Å². The molecule has 1 saturated heterocycles. The van der Waals surface area contributed by atoms with Crippen molar-refractivity contribution >= 4 is 29.3 Å². The second-order valence-corrected chi connectivity index (χ2v) is 7.04. The van der Waals surface area contributed by atoms with E-state index in [-0.39, 0.29) is 12.5 Å². The average molecular weight is 358 g/mol. The number of carbonyl (C=O) groups excluding carboxylic acids is 1. The van der Waals surface area contributed by atoms with E-state index in [9.17, 15) is 19.1 Å². The van der Waals surface area contributed by atoms with Crippen LogP contribution < -0.4 is 5.01 Å². The van der Waals surface area contributed by atoms with E-state index >= 15 is 0 Å². The molecule has 0 bridgehead atoms. The standard InChI is InChI=1S/C16H21ClFN3O3/c1-16(2,3)19(15(23)24)10-14(22)21-8-4-7-20(21)13-9-11(18)5-6-12(13)17/h5-6,9H,4,7-8,10H2,1-3H3,(H,23,24). The molecule has 2 rings (SSSR count). The van der Waals surface area contributed by atoms with Crippen molar-refractivity contribution in [2.45, 2.75) is 32.7 Å². The predicted octanol–water partition coefficient (Wildman–Crippen LogP) is 3.21. The molecule has 0 spiro atoms. The minimum Gasteiger partial charge on any atom is -0.465 e. The Morgan fingerprint density at radius 1 is 1.33 bits per heavy atom. The Morgan fingerprint density at radius 2 is 2.00 bits per heavy atom. The van der Waals surface area contributed by atoms with E-state index in [0.717, 1.165) is 4.90 Å². The highest BCUT2D eigenvalue weighted by molar-refractivity contribution is 6.33. The first-order chi connectivity index (χ1) is 11.1. The topological polar surface area (TPSA) is 64.1 Å². The molecule has 1 aromatic rings. The number of hydrogen-bond acceptors (Lipinski definition) is 3. The van der Waals surface area contributed by atoms with E-state index in [1.54, 1.807) is 25.8 Å². The fraction of sp³-hybridized carbons (Fsp3) is 0.500. The maximum atomic E-state index is 13.5. The summed E-state index contributed by atoms with van der Waals surface area (Å²) in [6, 6.07) is 3.96. The fourth-order valence-corrected chi connectivity index (χ4v) is 2.83. The van der Waals surface area contributed by atoms with Crippen LogP contribution in [-0.2, 0) is 4.79 Å². The van der Waals surface area contributed by atoms with Crippen LogP contribution >= 0.6 is 11.6 Å². The van der Waals surface area contributed by atoms with Crippen molar-refractivity contribution in [2.24, 2.45) is 0 Å². The number of hydrogen-bond donors (Lipinski definition) is 1. The number of benzene rings is 1. The van der Waals surface area contributed by atoms with Crippen molar-refractivity contribution in [1.29, 1.82) is 0 Å². The van der Waals surface area contributed by atoms with Gasteiger partial charge in [-0.25, -0.2) is 9.18 Å². The van der Waals surface area contributed by atoms with Gasteiger partial charge in [0, 0.05) is 24.7 Å². The molecule has 0 aromatic heterocycles. The summed E-state index contributed by atoms with van der Waals surface area (Å²) in [6.45, 7) is 5.84. The molecule has 1 fully saturated rings. The molecule has 0 aliphatic carbocycles. The molecular weight excluding hydrogens is 337 g/mol. The molecule has 2 amide bonds. The van der Waals surface area contributed by atoms with Gasteiger partial charge in [0.2, 0.25) is 0 Å². The number of carbonyl (C=O) groups is 2. The van der Waals surface area contributed by atoms with Crippen molar-refractivity contribution in [3.05, 3.63) is 29.0 Å². The number of hydrazine groups is 1. The maximum absolute atomic E-state index is 13.5. The van der Waals surface area contributed by atoms with Gasteiger partial charge < -0.3 is 5.11 Å². The van der Waals surface area contributed by atoms with Crippen molar-refractivity contribution in [1.82, 2.24) is 9.91 Å². The molecular formula is C16H21ClFN3O3.